The molecular formula is C16H19. The molecule has 0 aliphatic carbocycles. The average Bonchev–Trinajstić information content (AvgIpc) is 2.29. The summed E-state index contributed by atoms with van der Waals surface area (Å²) in [5.41, 5.74) is 0. The highest BCUT2D eigenvalue weighted by molar-refractivity contribution is 5.22. The Morgan fingerprint density at radius 3 is 2.25 bits per heavy atom. The Bertz CT molecular complexity index is 329. The van der Waals surface area contributed by atoms with Crippen LogP contribution in [-0.2, 0) is 0 Å². The monoisotopic (exact) mass is 211 g/mol. The molecule has 0 aromatic rings. The van der Waals surface area contributed by atoms with E-state index < -0.39 is 0 Å². The van der Waals surface area contributed by atoms with E-state index in [1.54, 1.807) is 6.08 Å². The molecule has 0 bridgehead atoms. The van der Waals surface area contributed by atoms with Crippen molar-refractivity contribution in [3.05, 3.63) is 67.7 Å². The van der Waals surface area contributed by atoms with E-state index in [1.165, 1.54) is 0 Å². The van der Waals surface area contributed by atoms with Gasteiger partial charge in [-0.25, -0.2) is 0 Å². The van der Waals surface area contributed by atoms with Gasteiger partial charge >= 0.3 is 0 Å². The van der Waals surface area contributed by atoms with Gasteiger partial charge in [-0.3, -0.25) is 0 Å². The van der Waals surface area contributed by atoms with Gasteiger partial charge in [0.2, 0.25) is 0 Å². The molecule has 0 heteroatoms. The van der Waals surface area contributed by atoms with Crippen molar-refractivity contribution in [1.82, 2.24) is 0 Å². The van der Waals surface area contributed by atoms with Crippen LogP contribution in [0, 0.1) is 24.7 Å². The van der Waals surface area contributed by atoms with Gasteiger partial charge in [0.1, 0.15) is 0 Å². The molecule has 83 valence electrons. The summed E-state index contributed by atoms with van der Waals surface area (Å²) in [4.78, 5) is 0. The summed E-state index contributed by atoms with van der Waals surface area (Å²) in [5, 5.41) is 0. The summed E-state index contributed by atoms with van der Waals surface area (Å²) in [5.74, 6) is 6.02. The zero-order valence-electron chi connectivity index (χ0n) is 10.1. The van der Waals surface area contributed by atoms with E-state index in [-0.39, 0.29) is 5.92 Å². The maximum atomic E-state index is 3.63. The second-order valence-corrected chi connectivity index (χ2v) is 3.05. The van der Waals surface area contributed by atoms with Crippen molar-refractivity contribution in [1.29, 1.82) is 0 Å². The van der Waals surface area contributed by atoms with Crippen LogP contribution in [0.4, 0.5) is 0 Å². The fourth-order valence-electron chi connectivity index (χ4n) is 1.01. The first kappa shape index (κ1) is 14.3. The summed E-state index contributed by atoms with van der Waals surface area (Å²) < 4.78 is 0. The summed E-state index contributed by atoms with van der Waals surface area (Å²) in [6.07, 6.45) is 19.9. The van der Waals surface area contributed by atoms with Crippen molar-refractivity contribution in [2.24, 2.45) is 5.92 Å². The van der Waals surface area contributed by atoms with Crippen LogP contribution in [0.1, 0.15) is 13.8 Å². The van der Waals surface area contributed by atoms with Crippen LogP contribution in [0.2, 0.25) is 0 Å². The van der Waals surface area contributed by atoms with Gasteiger partial charge in [-0.1, -0.05) is 60.6 Å². The van der Waals surface area contributed by atoms with Gasteiger partial charge < -0.3 is 0 Å². The van der Waals surface area contributed by atoms with Gasteiger partial charge in [-0.05, 0) is 26.8 Å². The van der Waals surface area contributed by atoms with E-state index >= 15 is 0 Å². The minimum Gasteiger partial charge on any atom is -0.102 e. The predicted octanol–water partition coefficient (Wildman–Crippen LogP) is 4.26. The van der Waals surface area contributed by atoms with E-state index in [0.717, 1.165) is 0 Å². The van der Waals surface area contributed by atoms with Crippen LogP contribution in [-0.4, -0.2) is 0 Å². The van der Waals surface area contributed by atoms with Gasteiger partial charge in [0.15, 0.2) is 0 Å². The van der Waals surface area contributed by atoms with Gasteiger partial charge in [0, 0.05) is 5.92 Å². The predicted molar refractivity (Wildman–Crippen MR) is 73.7 cm³/mol. The van der Waals surface area contributed by atoms with E-state index in [1.807, 2.05) is 50.3 Å². The number of allylic oxidation sites excluding steroid dienone is 10. The van der Waals surface area contributed by atoms with E-state index in [9.17, 15) is 0 Å². The zero-order valence-corrected chi connectivity index (χ0v) is 10.1. The lowest BCUT2D eigenvalue weighted by Crippen LogP contribution is -1.84. The Balaban J connectivity index is 4.53. The maximum Gasteiger partial charge on any atom is 0.0142 e. The van der Waals surface area contributed by atoms with Crippen LogP contribution < -0.4 is 0 Å². The van der Waals surface area contributed by atoms with Crippen molar-refractivity contribution in [2.75, 3.05) is 0 Å². The van der Waals surface area contributed by atoms with Crippen molar-refractivity contribution in [3.8, 4) is 11.8 Å². The first-order valence-electron chi connectivity index (χ1n) is 5.36. The summed E-state index contributed by atoms with van der Waals surface area (Å²) in [6.45, 7) is 7.46. The van der Waals surface area contributed by atoms with Gasteiger partial charge in [-0.15, -0.1) is 5.92 Å². The van der Waals surface area contributed by atoms with Gasteiger partial charge in [0.05, 0.1) is 0 Å². The molecule has 0 fully saturated rings. The lowest BCUT2D eigenvalue weighted by Gasteiger charge is -1.97. The lowest BCUT2D eigenvalue weighted by molar-refractivity contribution is 1.07. The van der Waals surface area contributed by atoms with Crippen LogP contribution in [0.15, 0.2) is 60.8 Å². The molecule has 0 aromatic carbocycles. The van der Waals surface area contributed by atoms with E-state index in [4.69, 9.17) is 0 Å². The largest absolute Gasteiger partial charge is 0.102 e. The molecule has 0 nitrogen and oxygen atoms in total. The highest BCUT2D eigenvalue weighted by Gasteiger charge is 1.90. The number of hydrogen-bond acceptors (Lipinski definition) is 0. The van der Waals surface area contributed by atoms with Crippen molar-refractivity contribution in [2.45, 2.75) is 13.8 Å². The number of rotatable bonds is 5. The molecule has 1 radical (unpaired) electrons. The fourth-order valence-corrected chi connectivity index (χ4v) is 1.01. The van der Waals surface area contributed by atoms with E-state index in [2.05, 4.69) is 37.0 Å². The van der Waals surface area contributed by atoms with Crippen molar-refractivity contribution in [3.63, 3.8) is 0 Å². The molecule has 0 amide bonds. The highest BCUT2D eigenvalue weighted by Crippen LogP contribution is 2.04. The Kier molecular flexibility index (Phi) is 10.1. The van der Waals surface area contributed by atoms with Gasteiger partial charge in [-0.2, -0.15) is 0 Å². The van der Waals surface area contributed by atoms with Crippen LogP contribution in [0.25, 0.3) is 0 Å². The second kappa shape index (κ2) is 11.3. The molecule has 1 unspecified atom stereocenters. The Morgan fingerprint density at radius 1 is 1.00 bits per heavy atom. The van der Waals surface area contributed by atoms with Crippen molar-refractivity contribution < 1.29 is 0 Å². The minimum absolute atomic E-state index is 0.272. The van der Waals surface area contributed by atoms with Crippen LogP contribution in [0.5, 0.6) is 0 Å². The molecule has 0 rings (SSSR count). The molecule has 1 atom stereocenters. The standard InChI is InChI=1S/C16H19/c1-4-7-10-13-16(14-11-8-5-2)15-12-9-6-3/h4-5,7-8,10-16H,1H2,2-3H3/b7-4+,8-5+,13-10+,14-11+,15-12+. The SMILES string of the molecule is [CH2]/C=C/C=C/C(/C=C/C#CC)/C=C/C=C/C. The third-order valence-electron chi connectivity index (χ3n) is 1.76. The smallest absolute Gasteiger partial charge is 0.0142 e. The summed E-state index contributed by atoms with van der Waals surface area (Å²) >= 11 is 0. The third kappa shape index (κ3) is 8.84. The topological polar surface area (TPSA) is 0 Å². The first-order valence-corrected chi connectivity index (χ1v) is 5.36. The third-order valence-corrected chi connectivity index (χ3v) is 1.76. The molecule has 0 aromatic heterocycles. The summed E-state index contributed by atoms with van der Waals surface area (Å²) in [6, 6.07) is 0. The Hall–Kier alpha value is -1.74. The summed E-state index contributed by atoms with van der Waals surface area (Å²) in [7, 11) is 0. The Morgan fingerprint density at radius 2 is 1.69 bits per heavy atom. The van der Waals surface area contributed by atoms with E-state index in [0.29, 0.717) is 0 Å². The quantitative estimate of drug-likeness (QED) is 0.471. The van der Waals surface area contributed by atoms with Gasteiger partial charge in [0.25, 0.3) is 0 Å². The molecule has 0 spiro atoms. The minimum atomic E-state index is 0.272. The molecule has 0 N–H and O–H groups in total. The highest BCUT2D eigenvalue weighted by atomic mass is 14.0. The average molecular weight is 211 g/mol. The molecule has 0 aliphatic rings. The molecular weight excluding hydrogens is 192 g/mol. The molecule has 0 saturated heterocycles. The molecule has 0 saturated carbocycles. The second-order valence-electron chi connectivity index (χ2n) is 3.05. The van der Waals surface area contributed by atoms with Crippen LogP contribution in [0.3, 0.4) is 0 Å². The number of hydrogen-bond donors (Lipinski definition) is 0. The molecule has 0 aliphatic heterocycles. The Labute approximate surface area is 99.8 Å². The maximum absolute atomic E-state index is 3.63. The normalized spacial score (nSPS) is 12.8. The lowest BCUT2D eigenvalue weighted by atomic mass is 10.1. The fraction of sp³-hybridized carbons (Fsp3) is 0.188. The first-order chi connectivity index (χ1) is 7.85. The molecule has 0 heterocycles. The zero-order chi connectivity index (χ0) is 12.1. The molecule has 16 heavy (non-hydrogen) atoms. The van der Waals surface area contributed by atoms with Crippen molar-refractivity contribution >= 4 is 0 Å². The van der Waals surface area contributed by atoms with Crippen LogP contribution >= 0.6 is 0 Å².